The second kappa shape index (κ2) is 17.3. The zero-order chi connectivity index (χ0) is 33.9. The molecular formula is C40H56N6O2. The van der Waals surface area contributed by atoms with Crippen LogP contribution in [-0.4, -0.2) is 62.1 Å². The van der Waals surface area contributed by atoms with Crippen molar-refractivity contribution in [3.63, 3.8) is 0 Å². The molecule has 3 aromatic carbocycles. The third kappa shape index (κ3) is 9.91. The molecule has 0 heterocycles. The Hall–Kier alpha value is -4.20. The molecule has 0 aliphatic heterocycles. The first kappa shape index (κ1) is 35.1. The number of carbonyl (C=O) groups excluding carboxylic acids is 2. The molecule has 2 N–H and O–H groups in total. The van der Waals surface area contributed by atoms with E-state index >= 15 is 0 Å². The van der Waals surface area contributed by atoms with Crippen molar-refractivity contribution in [2.75, 3.05) is 48.6 Å². The molecule has 2 fully saturated rings. The predicted octanol–water partition coefficient (Wildman–Crippen LogP) is 9.33. The van der Waals surface area contributed by atoms with Crippen LogP contribution < -0.4 is 20.4 Å². The molecule has 2 aliphatic rings. The Balaban J connectivity index is 1.34. The van der Waals surface area contributed by atoms with Gasteiger partial charge < -0.3 is 30.2 Å². The molecule has 258 valence electrons. The number of nitrogens with one attached hydrogen (secondary N) is 2. The van der Waals surface area contributed by atoms with Gasteiger partial charge in [0.15, 0.2) is 0 Å². The van der Waals surface area contributed by atoms with E-state index in [1.807, 2.05) is 76.7 Å². The van der Waals surface area contributed by atoms with Crippen molar-refractivity contribution in [1.82, 2.24) is 9.80 Å². The molecule has 4 amide bonds. The SMILES string of the molecule is CN(C)c1ccc(NC(=O)N(Cc2cccc(CN(C(=O)Nc3ccc(N(C)C)cc3)C3CCCCCC3)c2)C2CCCCCC2)cc1. The van der Waals surface area contributed by atoms with Crippen molar-refractivity contribution < 1.29 is 9.59 Å². The van der Waals surface area contributed by atoms with Crippen LogP contribution in [0.5, 0.6) is 0 Å². The summed E-state index contributed by atoms with van der Waals surface area (Å²) in [6, 6.07) is 24.8. The highest BCUT2D eigenvalue weighted by atomic mass is 16.2. The summed E-state index contributed by atoms with van der Waals surface area (Å²) in [5.74, 6) is 0. The number of hydrogen-bond donors (Lipinski definition) is 2. The standard InChI is InChI=1S/C40H56N6O2/c1-43(2)35-24-20-33(21-25-35)41-39(47)45(37-16-9-5-6-10-17-37)29-31-14-13-15-32(28-31)30-46(38-18-11-7-8-12-19-38)40(48)42-34-22-26-36(27-23-34)44(3)4/h13-15,20-28,37-38H,5-12,16-19,29-30H2,1-4H3,(H,41,47)(H,42,48). The van der Waals surface area contributed by atoms with Gasteiger partial charge in [-0.15, -0.1) is 0 Å². The Morgan fingerprint density at radius 1 is 0.542 bits per heavy atom. The van der Waals surface area contributed by atoms with Gasteiger partial charge in [-0.3, -0.25) is 0 Å². The van der Waals surface area contributed by atoms with E-state index in [1.165, 1.54) is 25.7 Å². The van der Waals surface area contributed by atoms with E-state index in [4.69, 9.17) is 0 Å². The fourth-order valence-electron chi connectivity index (χ4n) is 7.17. The number of carbonyl (C=O) groups is 2. The van der Waals surface area contributed by atoms with Gasteiger partial charge >= 0.3 is 12.1 Å². The Labute approximate surface area is 288 Å². The average molecular weight is 653 g/mol. The van der Waals surface area contributed by atoms with Gasteiger partial charge in [-0.2, -0.15) is 0 Å². The van der Waals surface area contributed by atoms with Crippen molar-refractivity contribution in [2.24, 2.45) is 0 Å². The summed E-state index contributed by atoms with van der Waals surface area (Å²) >= 11 is 0. The summed E-state index contributed by atoms with van der Waals surface area (Å²) < 4.78 is 0. The minimum atomic E-state index is -0.0512. The van der Waals surface area contributed by atoms with Gasteiger partial charge in [-0.1, -0.05) is 75.6 Å². The van der Waals surface area contributed by atoms with Gasteiger partial charge in [-0.25, -0.2) is 9.59 Å². The maximum atomic E-state index is 13.9. The van der Waals surface area contributed by atoms with E-state index in [9.17, 15) is 9.59 Å². The second-order valence-electron chi connectivity index (χ2n) is 14.1. The van der Waals surface area contributed by atoms with E-state index < -0.39 is 0 Å². The molecule has 0 radical (unpaired) electrons. The number of amides is 4. The molecule has 5 rings (SSSR count). The Morgan fingerprint density at radius 3 is 1.23 bits per heavy atom. The molecular weight excluding hydrogens is 596 g/mol. The molecule has 0 bridgehead atoms. The maximum absolute atomic E-state index is 13.9. The van der Waals surface area contributed by atoms with Crippen LogP contribution in [-0.2, 0) is 13.1 Å². The minimum absolute atomic E-state index is 0.0512. The van der Waals surface area contributed by atoms with Crippen LogP contribution in [0.4, 0.5) is 32.3 Å². The highest BCUT2D eigenvalue weighted by molar-refractivity contribution is 5.90. The molecule has 48 heavy (non-hydrogen) atoms. The summed E-state index contributed by atoms with van der Waals surface area (Å²) in [4.78, 5) is 36.0. The lowest BCUT2D eigenvalue weighted by Crippen LogP contribution is -2.42. The van der Waals surface area contributed by atoms with Gasteiger partial charge in [0.25, 0.3) is 0 Å². The molecule has 3 aromatic rings. The Kier molecular flexibility index (Phi) is 12.6. The average Bonchev–Trinajstić information content (AvgIpc) is 3.53. The van der Waals surface area contributed by atoms with Crippen LogP contribution >= 0.6 is 0 Å². The molecule has 0 aromatic heterocycles. The Morgan fingerprint density at radius 2 is 0.896 bits per heavy atom. The molecule has 8 heteroatoms. The zero-order valence-electron chi connectivity index (χ0n) is 29.6. The van der Waals surface area contributed by atoms with Gasteiger partial charge in [0.2, 0.25) is 0 Å². The first-order valence-corrected chi connectivity index (χ1v) is 18.0. The van der Waals surface area contributed by atoms with Crippen molar-refractivity contribution in [2.45, 2.75) is 102 Å². The fraction of sp³-hybridized carbons (Fsp3) is 0.500. The van der Waals surface area contributed by atoms with Crippen LogP contribution in [0.1, 0.15) is 88.2 Å². The molecule has 0 atom stereocenters. The molecule has 2 aliphatic carbocycles. The number of hydrogen-bond acceptors (Lipinski definition) is 4. The van der Waals surface area contributed by atoms with Gasteiger partial charge in [0, 0.05) is 76.1 Å². The lowest BCUT2D eigenvalue weighted by atomic mass is 10.0. The van der Waals surface area contributed by atoms with Crippen LogP contribution in [0, 0.1) is 0 Å². The smallest absolute Gasteiger partial charge is 0.322 e. The molecule has 8 nitrogen and oxygen atoms in total. The van der Waals surface area contributed by atoms with E-state index in [0.29, 0.717) is 13.1 Å². The quantitative estimate of drug-likeness (QED) is 0.214. The largest absolute Gasteiger partial charge is 0.378 e. The lowest BCUT2D eigenvalue weighted by Gasteiger charge is -2.33. The Bertz CT molecular complexity index is 1330. The van der Waals surface area contributed by atoms with E-state index in [-0.39, 0.29) is 24.1 Å². The number of urea groups is 2. The minimum Gasteiger partial charge on any atom is -0.378 e. The summed E-state index contributed by atoms with van der Waals surface area (Å²) in [6.07, 6.45) is 13.6. The topological polar surface area (TPSA) is 71.2 Å². The normalized spacial score (nSPS) is 15.9. The van der Waals surface area contributed by atoms with Gasteiger partial charge in [0.1, 0.15) is 0 Å². The van der Waals surface area contributed by atoms with Crippen molar-refractivity contribution in [3.05, 3.63) is 83.9 Å². The number of nitrogens with zero attached hydrogens (tertiary/aromatic N) is 4. The van der Waals surface area contributed by atoms with Crippen LogP contribution in [0.15, 0.2) is 72.8 Å². The van der Waals surface area contributed by atoms with E-state index in [2.05, 4.69) is 54.5 Å². The molecule has 0 saturated heterocycles. The molecule has 0 spiro atoms. The third-order valence-electron chi connectivity index (χ3n) is 10.0. The fourth-order valence-corrected chi connectivity index (χ4v) is 7.17. The van der Waals surface area contributed by atoms with Crippen LogP contribution in [0.25, 0.3) is 0 Å². The molecule has 2 saturated carbocycles. The third-order valence-corrected chi connectivity index (χ3v) is 10.0. The molecule has 0 unspecified atom stereocenters. The van der Waals surface area contributed by atoms with Crippen LogP contribution in [0.3, 0.4) is 0 Å². The lowest BCUT2D eigenvalue weighted by molar-refractivity contribution is 0.174. The van der Waals surface area contributed by atoms with Crippen molar-refractivity contribution >= 4 is 34.8 Å². The first-order chi connectivity index (χ1) is 23.3. The first-order valence-electron chi connectivity index (χ1n) is 18.0. The summed E-state index contributed by atoms with van der Waals surface area (Å²) in [7, 11) is 8.06. The highest BCUT2D eigenvalue weighted by Crippen LogP contribution is 2.28. The highest BCUT2D eigenvalue weighted by Gasteiger charge is 2.27. The summed E-state index contributed by atoms with van der Waals surface area (Å²) in [5, 5.41) is 6.39. The summed E-state index contributed by atoms with van der Waals surface area (Å²) in [5.41, 5.74) is 5.99. The summed E-state index contributed by atoms with van der Waals surface area (Å²) in [6.45, 7) is 1.07. The second-order valence-corrected chi connectivity index (χ2v) is 14.1. The van der Waals surface area contributed by atoms with Crippen molar-refractivity contribution in [1.29, 1.82) is 0 Å². The number of rotatable bonds is 10. The van der Waals surface area contributed by atoms with E-state index in [1.54, 1.807) is 0 Å². The van der Waals surface area contributed by atoms with Crippen molar-refractivity contribution in [3.8, 4) is 0 Å². The predicted molar refractivity (Wildman–Crippen MR) is 200 cm³/mol. The van der Waals surface area contributed by atoms with Gasteiger partial charge in [0.05, 0.1) is 0 Å². The number of anilines is 4. The zero-order valence-corrected chi connectivity index (χ0v) is 29.6. The number of benzene rings is 3. The maximum Gasteiger partial charge on any atom is 0.322 e. The van der Waals surface area contributed by atoms with E-state index in [0.717, 1.165) is 85.2 Å². The van der Waals surface area contributed by atoms with Gasteiger partial charge in [-0.05, 0) is 85.3 Å². The monoisotopic (exact) mass is 652 g/mol. The van der Waals surface area contributed by atoms with Crippen LogP contribution in [0.2, 0.25) is 0 Å².